The lowest BCUT2D eigenvalue weighted by Crippen LogP contribution is -2.57. The summed E-state index contributed by atoms with van der Waals surface area (Å²) in [5.74, 6) is -1.85. The SMILES string of the molecule is CSCCC(NC(=O)CN)C(=O)NC(Cc1c[nH]c2ccccc12)C(=O)N1CCCC1C(=O)O. The first-order valence-electron chi connectivity index (χ1n) is 11.2. The topological polar surface area (TPSA) is 158 Å². The summed E-state index contributed by atoms with van der Waals surface area (Å²) in [6, 6.07) is 4.86. The fourth-order valence-electron chi connectivity index (χ4n) is 4.24. The summed E-state index contributed by atoms with van der Waals surface area (Å²) in [5.41, 5.74) is 7.12. The number of hydrogen-bond acceptors (Lipinski definition) is 6. The van der Waals surface area contributed by atoms with Crippen LogP contribution in [0.2, 0.25) is 0 Å². The van der Waals surface area contributed by atoms with Crippen molar-refractivity contribution in [2.75, 3.05) is 25.1 Å². The maximum absolute atomic E-state index is 13.5. The number of rotatable bonds is 11. The molecule has 11 heteroatoms. The Morgan fingerprint density at radius 2 is 2.00 bits per heavy atom. The predicted octanol–water partition coefficient (Wildman–Crippen LogP) is 0.467. The van der Waals surface area contributed by atoms with Crippen LogP contribution >= 0.6 is 11.8 Å². The van der Waals surface area contributed by atoms with Gasteiger partial charge in [-0.15, -0.1) is 0 Å². The van der Waals surface area contributed by atoms with Gasteiger partial charge in [0, 0.05) is 30.1 Å². The van der Waals surface area contributed by atoms with E-state index in [4.69, 9.17) is 5.73 Å². The van der Waals surface area contributed by atoms with Crippen LogP contribution in [0.25, 0.3) is 10.9 Å². The molecule has 184 valence electrons. The number of H-pyrrole nitrogens is 1. The van der Waals surface area contributed by atoms with Crippen LogP contribution in [0.5, 0.6) is 0 Å². The third-order valence-corrected chi connectivity index (χ3v) is 6.63. The predicted molar refractivity (Wildman–Crippen MR) is 130 cm³/mol. The average Bonchev–Trinajstić information content (AvgIpc) is 3.48. The average molecular weight is 490 g/mol. The number of carbonyl (C=O) groups excluding carboxylic acids is 3. The van der Waals surface area contributed by atoms with Crippen molar-refractivity contribution in [3.05, 3.63) is 36.0 Å². The maximum atomic E-state index is 13.5. The first-order valence-corrected chi connectivity index (χ1v) is 12.6. The molecule has 1 aromatic carbocycles. The van der Waals surface area contributed by atoms with Crippen molar-refractivity contribution in [2.24, 2.45) is 5.73 Å². The van der Waals surface area contributed by atoms with E-state index in [0.29, 0.717) is 31.6 Å². The van der Waals surface area contributed by atoms with Crippen LogP contribution in [-0.4, -0.2) is 81.9 Å². The Bertz CT molecular complexity index is 1040. The van der Waals surface area contributed by atoms with Crippen LogP contribution < -0.4 is 16.4 Å². The molecule has 2 heterocycles. The van der Waals surface area contributed by atoms with Crippen molar-refractivity contribution in [2.45, 2.75) is 43.8 Å². The maximum Gasteiger partial charge on any atom is 0.326 e. The smallest absolute Gasteiger partial charge is 0.326 e. The molecule has 0 bridgehead atoms. The van der Waals surface area contributed by atoms with E-state index in [2.05, 4.69) is 15.6 Å². The summed E-state index contributed by atoms with van der Waals surface area (Å²) in [6.45, 7) is 0.0602. The third kappa shape index (κ3) is 6.09. The molecule has 3 atom stereocenters. The molecule has 1 aliphatic rings. The molecule has 1 fully saturated rings. The number of aromatic amines is 1. The molecule has 1 aliphatic heterocycles. The third-order valence-electron chi connectivity index (χ3n) is 5.98. The van der Waals surface area contributed by atoms with Gasteiger partial charge in [0.2, 0.25) is 17.7 Å². The van der Waals surface area contributed by atoms with Gasteiger partial charge in [-0.2, -0.15) is 11.8 Å². The van der Waals surface area contributed by atoms with E-state index in [9.17, 15) is 24.3 Å². The summed E-state index contributed by atoms with van der Waals surface area (Å²) in [4.78, 5) is 54.7. The number of nitrogens with one attached hydrogen (secondary N) is 3. The number of thioether (sulfide) groups is 1. The molecule has 3 amide bonds. The molecule has 0 spiro atoms. The zero-order valence-electron chi connectivity index (χ0n) is 19.1. The summed E-state index contributed by atoms with van der Waals surface area (Å²) in [7, 11) is 0. The van der Waals surface area contributed by atoms with Crippen molar-refractivity contribution in [3.8, 4) is 0 Å². The van der Waals surface area contributed by atoms with Gasteiger partial charge in [0.1, 0.15) is 18.1 Å². The van der Waals surface area contributed by atoms with Gasteiger partial charge in [0.15, 0.2) is 0 Å². The van der Waals surface area contributed by atoms with E-state index < -0.39 is 41.8 Å². The second-order valence-corrected chi connectivity index (χ2v) is 9.24. The lowest BCUT2D eigenvalue weighted by molar-refractivity contribution is -0.149. The summed E-state index contributed by atoms with van der Waals surface area (Å²) in [6.07, 6.45) is 5.18. The zero-order valence-corrected chi connectivity index (χ0v) is 19.9. The molecular weight excluding hydrogens is 458 g/mol. The highest BCUT2D eigenvalue weighted by atomic mass is 32.2. The number of aliphatic carboxylic acids is 1. The Kier molecular flexibility index (Phi) is 8.94. The number of carbonyl (C=O) groups is 4. The fourth-order valence-corrected chi connectivity index (χ4v) is 4.71. The number of para-hydroxylation sites is 1. The molecule has 34 heavy (non-hydrogen) atoms. The number of amides is 3. The Labute approximate surface area is 202 Å². The Balaban J connectivity index is 1.87. The van der Waals surface area contributed by atoms with Crippen molar-refractivity contribution in [1.82, 2.24) is 20.5 Å². The van der Waals surface area contributed by atoms with E-state index in [0.717, 1.165) is 16.5 Å². The van der Waals surface area contributed by atoms with E-state index in [1.54, 1.807) is 6.20 Å². The lowest BCUT2D eigenvalue weighted by atomic mass is 10.0. The molecule has 3 unspecified atom stereocenters. The first-order chi connectivity index (χ1) is 16.3. The minimum Gasteiger partial charge on any atom is -0.480 e. The van der Waals surface area contributed by atoms with Gasteiger partial charge in [-0.25, -0.2) is 4.79 Å². The van der Waals surface area contributed by atoms with Gasteiger partial charge >= 0.3 is 5.97 Å². The van der Waals surface area contributed by atoms with E-state index in [1.165, 1.54) is 16.7 Å². The van der Waals surface area contributed by atoms with Crippen LogP contribution in [0.4, 0.5) is 0 Å². The largest absolute Gasteiger partial charge is 0.480 e. The van der Waals surface area contributed by atoms with E-state index in [-0.39, 0.29) is 13.0 Å². The molecular formula is C23H31N5O5S. The van der Waals surface area contributed by atoms with Crippen LogP contribution in [0.15, 0.2) is 30.5 Å². The molecule has 10 nitrogen and oxygen atoms in total. The zero-order chi connectivity index (χ0) is 24.7. The number of nitrogens with zero attached hydrogens (tertiary/aromatic N) is 1. The van der Waals surface area contributed by atoms with Gasteiger partial charge in [-0.1, -0.05) is 18.2 Å². The minimum absolute atomic E-state index is 0.178. The molecule has 2 aromatic rings. The molecule has 3 rings (SSSR count). The number of aromatic nitrogens is 1. The highest BCUT2D eigenvalue weighted by Crippen LogP contribution is 2.23. The van der Waals surface area contributed by atoms with Gasteiger partial charge < -0.3 is 31.4 Å². The summed E-state index contributed by atoms with van der Waals surface area (Å²) >= 11 is 1.53. The molecule has 1 aromatic heterocycles. The quantitative estimate of drug-likeness (QED) is 0.307. The number of likely N-dealkylation sites (tertiary alicyclic amines) is 1. The second-order valence-electron chi connectivity index (χ2n) is 8.26. The Hall–Kier alpha value is -3.05. The van der Waals surface area contributed by atoms with Crippen molar-refractivity contribution < 1.29 is 24.3 Å². The minimum atomic E-state index is -1.06. The summed E-state index contributed by atoms with van der Waals surface area (Å²) in [5, 5.41) is 15.9. The Morgan fingerprint density at radius 3 is 2.71 bits per heavy atom. The van der Waals surface area contributed by atoms with Crippen molar-refractivity contribution in [1.29, 1.82) is 0 Å². The van der Waals surface area contributed by atoms with Crippen LogP contribution in [0.3, 0.4) is 0 Å². The van der Waals surface area contributed by atoms with Crippen LogP contribution in [0, 0.1) is 0 Å². The lowest BCUT2D eigenvalue weighted by Gasteiger charge is -2.28. The molecule has 1 saturated heterocycles. The van der Waals surface area contributed by atoms with Gasteiger partial charge in [-0.3, -0.25) is 14.4 Å². The van der Waals surface area contributed by atoms with Gasteiger partial charge in [0.05, 0.1) is 6.54 Å². The van der Waals surface area contributed by atoms with Gasteiger partial charge in [-0.05, 0) is 42.9 Å². The number of carboxylic acids is 1. The van der Waals surface area contributed by atoms with Gasteiger partial charge in [0.25, 0.3) is 0 Å². The van der Waals surface area contributed by atoms with E-state index >= 15 is 0 Å². The number of nitrogens with two attached hydrogens (primary N) is 1. The highest BCUT2D eigenvalue weighted by Gasteiger charge is 2.38. The monoisotopic (exact) mass is 489 g/mol. The highest BCUT2D eigenvalue weighted by molar-refractivity contribution is 7.98. The van der Waals surface area contributed by atoms with Crippen molar-refractivity contribution >= 4 is 46.4 Å². The molecule has 6 N–H and O–H groups in total. The number of fused-ring (bicyclic) bond motifs is 1. The normalized spacial score (nSPS) is 17.4. The molecule has 0 saturated carbocycles. The standard InChI is InChI=1S/C23H31N5O5S/c1-34-10-8-17(26-20(29)12-24)21(30)27-18(22(31)28-9-4-7-19(28)23(32)33)11-14-13-25-16-6-3-2-5-15(14)16/h2-3,5-6,13,17-19,25H,4,7-12,24H2,1H3,(H,26,29)(H,27,30)(H,32,33). The number of carboxylic acid groups (broad SMARTS) is 1. The molecule has 0 aliphatic carbocycles. The number of benzene rings is 1. The van der Waals surface area contributed by atoms with Crippen molar-refractivity contribution in [3.63, 3.8) is 0 Å². The Morgan fingerprint density at radius 1 is 1.24 bits per heavy atom. The van der Waals surface area contributed by atoms with Crippen LogP contribution in [0.1, 0.15) is 24.8 Å². The second kappa shape index (κ2) is 11.9. The first kappa shape index (κ1) is 25.6. The van der Waals surface area contributed by atoms with Crippen LogP contribution in [-0.2, 0) is 25.6 Å². The van der Waals surface area contributed by atoms with E-state index in [1.807, 2.05) is 30.5 Å². The summed E-state index contributed by atoms with van der Waals surface area (Å²) < 4.78 is 0. The fraction of sp³-hybridized carbons (Fsp3) is 0.478. The molecule has 0 radical (unpaired) electrons. The number of hydrogen-bond donors (Lipinski definition) is 5.